The summed E-state index contributed by atoms with van der Waals surface area (Å²) in [5.41, 5.74) is 0. The van der Waals surface area contributed by atoms with Gasteiger partial charge < -0.3 is 15.2 Å². The van der Waals surface area contributed by atoms with Gasteiger partial charge in [0, 0.05) is 12.6 Å². The minimum absolute atomic E-state index is 0.0364. The van der Waals surface area contributed by atoms with Gasteiger partial charge in [0.1, 0.15) is 0 Å². The Morgan fingerprint density at radius 3 is 2.56 bits per heavy atom. The first-order chi connectivity index (χ1) is 8.68. The predicted octanol–water partition coefficient (Wildman–Crippen LogP) is 1.17. The summed E-state index contributed by atoms with van der Waals surface area (Å²) in [6.07, 6.45) is 5.18. The Bertz CT molecular complexity index is 312. The second kappa shape index (κ2) is 6.18. The highest BCUT2D eigenvalue weighted by atomic mass is 16.5. The molecule has 1 saturated carbocycles. The zero-order valence-electron chi connectivity index (χ0n) is 10.6. The Kier molecular flexibility index (Phi) is 4.58. The predicted molar refractivity (Wildman–Crippen MR) is 65.1 cm³/mol. The number of carbonyl (C=O) groups excluding carboxylic acids is 1. The van der Waals surface area contributed by atoms with E-state index < -0.39 is 11.9 Å². The summed E-state index contributed by atoms with van der Waals surface area (Å²) in [4.78, 5) is 23.3. The number of hydrogen-bond donors (Lipinski definition) is 2. The molecule has 1 amide bonds. The fourth-order valence-corrected chi connectivity index (χ4v) is 2.82. The largest absolute Gasteiger partial charge is 0.481 e. The number of carboxylic acid groups (broad SMARTS) is 1. The molecule has 0 spiro atoms. The molecule has 1 saturated heterocycles. The number of aliphatic carboxylic acids is 1. The van der Waals surface area contributed by atoms with Crippen molar-refractivity contribution < 1.29 is 19.4 Å². The molecular formula is C13H21NO4. The molecule has 2 aliphatic rings. The number of ether oxygens (including phenoxy) is 1. The van der Waals surface area contributed by atoms with Gasteiger partial charge in [0.15, 0.2) is 0 Å². The van der Waals surface area contributed by atoms with Crippen molar-refractivity contribution in [1.29, 1.82) is 0 Å². The van der Waals surface area contributed by atoms with E-state index in [-0.39, 0.29) is 17.9 Å². The fourth-order valence-electron chi connectivity index (χ4n) is 2.82. The van der Waals surface area contributed by atoms with Gasteiger partial charge in [-0.1, -0.05) is 19.3 Å². The van der Waals surface area contributed by atoms with Gasteiger partial charge in [-0.15, -0.1) is 0 Å². The standard InChI is InChI=1S/C13H21NO4/c15-12(9-6-7-18-8-9)14-11-5-3-1-2-4-10(11)13(16)17/h9-11H,1-8H2,(H,14,15)(H,16,17). The van der Waals surface area contributed by atoms with Crippen molar-refractivity contribution in [1.82, 2.24) is 5.32 Å². The van der Waals surface area contributed by atoms with Gasteiger partial charge in [-0.05, 0) is 19.3 Å². The third-order valence-corrected chi connectivity index (χ3v) is 3.96. The monoisotopic (exact) mass is 255 g/mol. The van der Waals surface area contributed by atoms with Gasteiger partial charge in [0.05, 0.1) is 18.4 Å². The SMILES string of the molecule is O=C(NC1CCCCCC1C(=O)O)C1CCOC1. The Hall–Kier alpha value is -1.10. The molecule has 0 bridgehead atoms. The van der Waals surface area contributed by atoms with Crippen molar-refractivity contribution in [3.63, 3.8) is 0 Å². The second-order valence-corrected chi connectivity index (χ2v) is 5.26. The van der Waals surface area contributed by atoms with E-state index in [1.54, 1.807) is 0 Å². The molecule has 102 valence electrons. The van der Waals surface area contributed by atoms with Gasteiger partial charge in [0.25, 0.3) is 0 Å². The van der Waals surface area contributed by atoms with E-state index in [1.165, 1.54) is 0 Å². The van der Waals surface area contributed by atoms with Crippen LogP contribution in [0.5, 0.6) is 0 Å². The maximum absolute atomic E-state index is 12.0. The number of nitrogens with one attached hydrogen (secondary N) is 1. The smallest absolute Gasteiger partial charge is 0.308 e. The van der Waals surface area contributed by atoms with Crippen molar-refractivity contribution in [2.45, 2.75) is 44.6 Å². The van der Waals surface area contributed by atoms with Gasteiger partial charge in [-0.2, -0.15) is 0 Å². The highest BCUT2D eigenvalue weighted by Gasteiger charge is 2.33. The Labute approximate surface area is 107 Å². The van der Waals surface area contributed by atoms with Crippen LogP contribution in [-0.4, -0.2) is 36.2 Å². The number of hydrogen-bond acceptors (Lipinski definition) is 3. The highest BCUT2D eigenvalue weighted by Crippen LogP contribution is 2.24. The summed E-state index contributed by atoms with van der Waals surface area (Å²) < 4.78 is 5.19. The zero-order chi connectivity index (χ0) is 13.0. The van der Waals surface area contributed by atoms with Crippen LogP contribution in [0.3, 0.4) is 0 Å². The molecular weight excluding hydrogens is 234 g/mol. The van der Waals surface area contributed by atoms with E-state index in [9.17, 15) is 14.7 Å². The lowest BCUT2D eigenvalue weighted by Gasteiger charge is -2.24. The molecule has 0 aromatic rings. The van der Waals surface area contributed by atoms with Crippen molar-refractivity contribution in [2.24, 2.45) is 11.8 Å². The Morgan fingerprint density at radius 1 is 1.11 bits per heavy atom. The second-order valence-electron chi connectivity index (χ2n) is 5.26. The van der Waals surface area contributed by atoms with E-state index >= 15 is 0 Å². The maximum Gasteiger partial charge on any atom is 0.308 e. The average molecular weight is 255 g/mol. The lowest BCUT2D eigenvalue weighted by Crippen LogP contribution is -2.45. The molecule has 2 rings (SSSR count). The molecule has 3 unspecified atom stereocenters. The Balaban J connectivity index is 1.95. The highest BCUT2D eigenvalue weighted by molar-refractivity contribution is 5.80. The number of rotatable bonds is 3. The van der Waals surface area contributed by atoms with E-state index in [0.29, 0.717) is 19.6 Å². The van der Waals surface area contributed by atoms with Gasteiger partial charge in [0.2, 0.25) is 5.91 Å². The average Bonchev–Trinajstić information content (AvgIpc) is 2.77. The summed E-state index contributed by atoms with van der Waals surface area (Å²) >= 11 is 0. The summed E-state index contributed by atoms with van der Waals surface area (Å²) in [5.74, 6) is -1.35. The summed E-state index contributed by atoms with van der Waals surface area (Å²) in [6, 6.07) is -0.210. The van der Waals surface area contributed by atoms with Crippen LogP contribution in [0.15, 0.2) is 0 Å². The van der Waals surface area contributed by atoms with Crippen LogP contribution >= 0.6 is 0 Å². The van der Waals surface area contributed by atoms with Crippen LogP contribution in [0.1, 0.15) is 38.5 Å². The van der Waals surface area contributed by atoms with E-state index in [0.717, 1.165) is 32.1 Å². The van der Waals surface area contributed by atoms with Crippen LogP contribution in [0, 0.1) is 11.8 Å². The minimum atomic E-state index is -0.787. The molecule has 1 heterocycles. The third kappa shape index (κ3) is 3.22. The first kappa shape index (κ1) is 13.3. The van der Waals surface area contributed by atoms with Gasteiger partial charge >= 0.3 is 5.97 Å². The third-order valence-electron chi connectivity index (χ3n) is 3.96. The maximum atomic E-state index is 12.0. The first-order valence-electron chi connectivity index (χ1n) is 6.79. The van der Waals surface area contributed by atoms with E-state index in [2.05, 4.69) is 5.32 Å². The minimum Gasteiger partial charge on any atom is -0.481 e. The molecule has 5 nitrogen and oxygen atoms in total. The van der Waals surface area contributed by atoms with Crippen molar-refractivity contribution in [3.05, 3.63) is 0 Å². The molecule has 0 aromatic carbocycles. The summed E-state index contributed by atoms with van der Waals surface area (Å²) in [5, 5.41) is 12.2. The summed E-state index contributed by atoms with van der Waals surface area (Å²) in [6.45, 7) is 1.10. The van der Waals surface area contributed by atoms with Gasteiger partial charge in [-0.25, -0.2) is 0 Å². The first-order valence-corrected chi connectivity index (χ1v) is 6.79. The molecule has 1 aliphatic heterocycles. The molecule has 0 aromatic heterocycles. The molecule has 2 fully saturated rings. The fraction of sp³-hybridized carbons (Fsp3) is 0.846. The topological polar surface area (TPSA) is 75.6 Å². The summed E-state index contributed by atoms with van der Waals surface area (Å²) in [7, 11) is 0. The molecule has 2 N–H and O–H groups in total. The van der Waals surface area contributed by atoms with E-state index in [1.807, 2.05) is 0 Å². The number of amides is 1. The molecule has 5 heteroatoms. The lowest BCUT2D eigenvalue weighted by molar-refractivity contribution is -0.143. The van der Waals surface area contributed by atoms with Crippen LogP contribution in [0.25, 0.3) is 0 Å². The molecule has 0 radical (unpaired) electrons. The normalized spacial score (nSPS) is 32.8. The quantitative estimate of drug-likeness (QED) is 0.742. The molecule has 18 heavy (non-hydrogen) atoms. The number of carboxylic acids is 1. The molecule has 1 aliphatic carbocycles. The van der Waals surface area contributed by atoms with Crippen molar-refractivity contribution in [2.75, 3.05) is 13.2 Å². The van der Waals surface area contributed by atoms with Crippen LogP contribution in [0.2, 0.25) is 0 Å². The van der Waals surface area contributed by atoms with Crippen LogP contribution in [-0.2, 0) is 14.3 Å². The Morgan fingerprint density at radius 2 is 1.89 bits per heavy atom. The zero-order valence-corrected chi connectivity index (χ0v) is 10.6. The van der Waals surface area contributed by atoms with Crippen LogP contribution in [0.4, 0.5) is 0 Å². The van der Waals surface area contributed by atoms with Gasteiger partial charge in [-0.3, -0.25) is 9.59 Å². The van der Waals surface area contributed by atoms with Crippen molar-refractivity contribution in [3.8, 4) is 0 Å². The van der Waals surface area contributed by atoms with Crippen LogP contribution < -0.4 is 5.32 Å². The van der Waals surface area contributed by atoms with Crippen molar-refractivity contribution >= 4 is 11.9 Å². The van der Waals surface area contributed by atoms with E-state index in [4.69, 9.17) is 4.74 Å². The molecule has 3 atom stereocenters. The number of carbonyl (C=O) groups is 2. The lowest BCUT2D eigenvalue weighted by atomic mass is 9.94.